The highest BCUT2D eigenvalue weighted by Gasteiger charge is 2.27. The fourth-order valence-electron chi connectivity index (χ4n) is 0.717. The number of nitrogens with zero attached hydrogens (tertiary/aromatic N) is 2. The minimum absolute atomic E-state index is 0.231. The Balaban J connectivity index is 3.91. The molecule has 1 N–H and O–H groups in total. The molecular formula is C8H12F3N3O. The van der Waals surface area contributed by atoms with E-state index >= 15 is 0 Å². The predicted octanol–water partition coefficient (Wildman–Crippen LogP) is 0.509. The van der Waals surface area contributed by atoms with Gasteiger partial charge in [-0.05, 0) is 14.0 Å². The summed E-state index contributed by atoms with van der Waals surface area (Å²) in [5.74, 6) is -0.753. The number of carbonyl (C=O) groups excluding carboxylic acids is 1. The Morgan fingerprint density at radius 1 is 1.60 bits per heavy atom. The molecule has 0 spiro atoms. The topological polar surface area (TPSA) is 56.1 Å². The van der Waals surface area contributed by atoms with Crippen molar-refractivity contribution in [1.29, 1.82) is 5.26 Å². The smallest absolute Gasteiger partial charge is 0.346 e. The molecule has 86 valence electrons. The highest BCUT2D eigenvalue weighted by atomic mass is 19.4. The van der Waals surface area contributed by atoms with Gasteiger partial charge in [0, 0.05) is 0 Å². The Labute approximate surface area is 85.7 Å². The van der Waals surface area contributed by atoms with Crippen LogP contribution in [0.3, 0.4) is 0 Å². The lowest BCUT2D eigenvalue weighted by Gasteiger charge is -2.18. The van der Waals surface area contributed by atoms with Crippen LogP contribution < -0.4 is 5.32 Å². The third-order valence-electron chi connectivity index (χ3n) is 1.73. The fourth-order valence-corrected chi connectivity index (χ4v) is 0.717. The van der Waals surface area contributed by atoms with Gasteiger partial charge in [-0.25, -0.2) is 0 Å². The zero-order valence-electron chi connectivity index (χ0n) is 8.43. The van der Waals surface area contributed by atoms with Crippen LogP contribution in [0.5, 0.6) is 0 Å². The van der Waals surface area contributed by atoms with Gasteiger partial charge in [0.15, 0.2) is 0 Å². The summed E-state index contributed by atoms with van der Waals surface area (Å²) in [7, 11) is 1.49. The molecule has 0 aromatic rings. The molecule has 0 heterocycles. The molecule has 0 aromatic heterocycles. The number of nitrogens with one attached hydrogen (secondary N) is 1. The molecule has 0 radical (unpaired) electrons. The molecule has 0 aliphatic rings. The Kier molecular flexibility index (Phi) is 5.08. The number of halogens is 3. The van der Waals surface area contributed by atoms with Crippen LogP contribution in [0.4, 0.5) is 13.2 Å². The monoisotopic (exact) mass is 223 g/mol. The number of carbonyl (C=O) groups is 1. The van der Waals surface area contributed by atoms with Crippen molar-refractivity contribution in [3.63, 3.8) is 0 Å². The first-order chi connectivity index (χ1) is 6.76. The van der Waals surface area contributed by atoms with E-state index in [1.54, 1.807) is 12.2 Å². The van der Waals surface area contributed by atoms with Gasteiger partial charge in [0.25, 0.3) is 0 Å². The van der Waals surface area contributed by atoms with E-state index in [2.05, 4.69) is 0 Å². The Bertz CT molecular complexity index is 259. The maximum Gasteiger partial charge on any atom is 0.405 e. The number of likely N-dealkylation sites (N-methyl/N-ethyl adjacent to an activating group) is 1. The maximum atomic E-state index is 11.7. The number of nitriles is 1. The molecule has 0 fully saturated rings. The molecule has 0 aliphatic heterocycles. The molecule has 0 aliphatic carbocycles. The summed E-state index contributed by atoms with van der Waals surface area (Å²) in [6.45, 7) is -0.0253. The molecule has 1 atom stereocenters. The zero-order valence-corrected chi connectivity index (χ0v) is 8.43. The highest BCUT2D eigenvalue weighted by molar-refractivity contribution is 5.78. The second kappa shape index (κ2) is 5.56. The van der Waals surface area contributed by atoms with Gasteiger partial charge in [0.1, 0.15) is 6.54 Å². The SMILES string of the molecule is CC(C#N)N(C)CC(=O)NCC(F)(F)F. The molecule has 0 saturated carbocycles. The first kappa shape index (κ1) is 13.7. The summed E-state index contributed by atoms with van der Waals surface area (Å²) in [6.07, 6.45) is -4.41. The van der Waals surface area contributed by atoms with Gasteiger partial charge in [-0.15, -0.1) is 0 Å². The molecule has 1 amide bonds. The third-order valence-corrected chi connectivity index (χ3v) is 1.73. The van der Waals surface area contributed by atoms with Crippen molar-refractivity contribution in [2.75, 3.05) is 20.1 Å². The Morgan fingerprint density at radius 2 is 2.13 bits per heavy atom. The number of rotatable bonds is 4. The van der Waals surface area contributed by atoms with E-state index in [-0.39, 0.29) is 6.54 Å². The molecule has 0 bridgehead atoms. The van der Waals surface area contributed by atoms with Gasteiger partial charge in [0.2, 0.25) is 5.91 Å². The molecule has 0 aromatic carbocycles. The Morgan fingerprint density at radius 3 is 2.53 bits per heavy atom. The summed E-state index contributed by atoms with van der Waals surface area (Å²) < 4.78 is 35.1. The minimum atomic E-state index is -4.41. The fraction of sp³-hybridized carbons (Fsp3) is 0.750. The quantitative estimate of drug-likeness (QED) is 0.755. The van der Waals surface area contributed by atoms with E-state index in [0.29, 0.717) is 0 Å². The van der Waals surface area contributed by atoms with Crippen LogP contribution >= 0.6 is 0 Å². The standard InChI is InChI=1S/C8H12F3N3O/c1-6(3-12)14(2)4-7(15)13-5-8(9,10)11/h6H,4-5H2,1-2H3,(H,13,15). The van der Waals surface area contributed by atoms with E-state index in [1.165, 1.54) is 11.9 Å². The lowest BCUT2D eigenvalue weighted by Crippen LogP contribution is -2.42. The van der Waals surface area contributed by atoms with Crippen LogP contribution in [0.25, 0.3) is 0 Å². The normalized spacial score (nSPS) is 13.4. The number of amides is 1. The van der Waals surface area contributed by atoms with E-state index in [0.717, 1.165) is 0 Å². The molecule has 15 heavy (non-hydrogen) atoms. The summed E-state index contributed by atoms with van der Waals surface area (Å²) in [4.78, 5) is 12.3. The van der Waals surface area contributed by atoms with Crippen LogP contribution in [0.15, 0.2) is 0 Å². The van der Waals surface area contributed by atoms with E-state index in [1.807, 2.05) is 6.07 Å². The van der Waals surface area contributed by atoms with Crippen molar-refractivity contribution >= 4 is 5.91 Å². The molecule has 7 heteroatoms. The first-order valence-electron chi connectivity index (χ1n) is 4.19. The van der Waals surface area contributed by atoms with E-state index in [4.69, 9.17) is 5.26 Å². The van der Waals surface area contributed by atoms with Gasteiger partial charge in [-0.1, -0.05) is 0 Å². The average molecular weight is 223 g/mol. The van der Waals surface area contributed by atoms with Crippen molar-refractivity contribution in [2.45, 2.75) is 19.1 Å². The van der Waals surface area contributed by atoms with Crippen molar-refractivity contribution < 1.29 is 18.0 Å². The van der Waals surface area contributed by atoms with E-state index < -0.39 is 24.7 Å². The van der Waals surface area contributed by atoms with E-state index in [9.17, 15) is 18.0 Å². The zero-order chi connectivity index (χ0) is 12.1. The third kappa shape index (κ3) is 6.74. The van der Waals surface area contributed by atoms with Crippen molar-refractivity contribution in [1.82, 2.24) is 10.2 Å². The lowest BCUT2D eigenvalue weighted by molar-refractivity contribution is -0.139. The number of alkyl halides is 3. The molecule has 0 rings (SSSR count). The minimum Gasteiger partial charge on any atom is -0.346 e. The summed E-state index contributed by atoms with van der Waals surface area (Å²) in [5.41, 5.74) is 0. The predicted molar refractivity (Wildman–Crippen MR) is 46.8 cm³/mol. The molecule has 1 unspecified atom stereocenters. The lowest BCUT2D eigenvalue weighted by atomic mass is 10.3. The molecular weight excluding hydrogens is 211 g/mol. The average Bonchev–Trinajstić information content (AvgIpc) is 2.12. The van der Waals surface area contributed by atoms with Gasteiger partial charge in [-0.3, -0.25) is 9.69 Å². The maximum absolute atomic E-state index is 11.7. The number of hydrogen-bond acceptors (Lipinski definition) is 3. The summed E-state index contributed by atoms with van der Waals surface area (Å²) in [6, 6.07) is 1.35. The van der Waals surface area contributed by atoms with Crippen molar-refractivity contribution in [3.05, 3.63) is 0 Å². The second-order valence-electron chi connectivity index (χ2n) is 3.11. The van der Waals surface area contributed by atoms with Crippen LogP contribution in [0.2, 0.25) is 0 Å². The van der Waals surface area contributed by atoms with Crippen LogP contribution in [-0.4, -0.2) is 43.2 Å². The molecule has 4 nitrogen and oxygen atoms in total. The Hall–Kier alpha value is -1.29. The van der Waals surface area contributed by atoms with Crippen LogP contribution in [-0.2, 0) is 4.79 Å². The second-order valence-corrected chi connectivity index (χ2v) is 3.11. The summed E-state index contributed by atoms with van der Waals surface area (Å²) in [5, 5.41) is 10.2. The van der Waals surface area contributed by atoms with Gasteiger partial charge >= 0.3 is 6.18 Å². The van der Waals surface area contributed by atoms with Crippen LogP contribution in [0, 0.1) is 11.3 Å². The van der Waals surface area contributed by atoms with Gasteiger partial charge in [-0.2, -0.15) is 18.4 Å². The molecule has 0 saturated heterocycles. The number of hydrogen-bond donors (Lipinski definition) is 1. The van der Waals surface area contributed by atoms with Crippen molar-refractivity contribution in [3.8, 4) is 6.07 Å². The van der Waals surface area contributed by atoms with Gasteiger partial charge in [0.05, 0.1) is 18.7 Å². The van der Waals surface area contributed by atoms with Gasteiger partial charge < -0.3 is 5.32 Å². The summed E-state index contributed by atoms with van der Waals surface area (Å²) >= 11 is 0. The highest BCUT2D eigenvalue weighted by Crippen LogP contribution is 2.11. The van der Waals surface area contributed by atoms with Crippen LogP contribution in [0.1, 0.15) is 6.92 Å². The van der Waals surface area contributed by atoms with Crippen molar-refractivity contribution in [2.24, 2.45) is 0 Å². The first-order valence-corrected chi connectivity index (χ1v) is 4.19. The largest absolute Gasteiger partial charge is 0.405 e.